The second-order valence-corrected chi connectivity index (χ2v) is 9.85. The van der Waals surface area contributed by atoms with Crippen LogP contribution in [-0.4, -0.2) is 46.0 Å². The zero-order valence-electron chi connectivity index (χ0n) is 20.5. The van der Waals surface area contributed by atoms with Gasteiger partial charge in [-0.05, 0) is 49.0 Å². The first-order valence-corrected chi connectivity index (χ1v) is 13.0. The molecule has 0 saturated carbocycles. The Labute approximate surface area is 213 Å². The lowest BCUT2D eigenvalue weighted by Crippen LogP contribution is -2.22. The first-order chi connectivity index (χ1) is 17.7. The highest BCUT2D eigenvalue weighted by Gasteiger charge is 2.32. The quantitative estimate of drug-likeness (QED) is 0.385. The number of carbonyl (C=O) groups excluding carboxylic acids is 1. The lowest BCUT2D eigenvalue weighted by molar-refractivity contribution is 0.0596. The second-order valence-electron chi connectivity index (χ2n) is 8.20. The number of furan rings is 1. The summed E-state index contributed by atoms with van der Waals surface area (Å²) in [5.74, 6) is -1.94. The molecule has 0 bridgehead atoms. The summed E-state index contributed by atoms with van der Waals surface area (Å²) in [6, 6.07) is 6.04. The molecule has 1 aliphatic heterocycles. The first kappa shape index (κ1) is 26.4. The van der Waals surface area contributed by atoms with Gasteiger partial charge >= 0.3 is 5.97 Å². The largest absolute Gasteiger partial charge is 0.484 e. The molecule has 37 heavy (non-hydrogen) atoms. The number of hydrogen-bond acceptors (Lipinski definition) is 7. The standard InChI is InChI=1S/C26H26F2N2O6S/c1-4-30(5-2)12-6-7-16-13-17(27)8-11-22(16)37(32,33)29-20-10-9-18-23-19(28)14-35-21(23)15-36-25(18)24(20)26(31)34-3/h6-11,13-14,29H,4-5,12,15H2,1-3H3. The van der Waals surface area contributed by atoms with Gasteiger partial charge in [-0.3, -0.25) is 4.72 Å². The SMILES string of the molecule is CCN(CC)CC=Cc1cc(F)ccc1S(=O)(=O)Nc1ccc2c(c1C(=O)OC)OCc1occ(F)c1-2. The monoisotopic (exact) mass is 532 g/mol. The van der Waals surface area contributed by atoms with E-state index in [9.17, 15) is 22.0 Å². The minimum Gasteiger partial charge on any atom is -0.484 e. The average molecular weight is 533 g/mol. The number of carbonyl (C=O) groups is 1. The Balaban J connectivity index is 1.75. The Kier molecular flexibility index (Phi) is 7.65. The number of fused-ring (bicyclic) bond motifs is 3. The molecule has 1 N–H and O–H groups in total. The van der Waals surface area contributed by atoms with E-state index < -0.39 is 27.6 Å². The van der Waals surface area contributed by atoms with Gasteiger partial charge in [0.1, 0.15) is 30.0 Å². The van der Waals surface area contributed by atoms with Crippen molar-refractivity contribution < 1.29 is 35.9 Å². The van der Waals surface area contributed by atoms with Crippen molar-refractivity contribution in [2.45, 2.75) is 25.3 Å². The van der Waals surface area contributed by atoms with Crippen LogP contribution in [0.5, 0.6) is 5.75 Å². The van der Waals surface area contributed by atoms with Crippen molar-refractivity contribution in [3.05, 3.63) is 71.2 Å². The molecule has 2 aromatic carbocycles. The van der Waals surface area contributed by atoms with Gasteiger partial charge < -0.3 is 18.8 Å². The van der Waals surface area contributed by atoms with E-state index in [0.717, 1.165) is 44.7 Å². The number of anilines is 1. The second kappa shape index (κ2) is 10.7. The zero-order valence-corrected chi connectivity index (χ0v) is 21.3. The average Bonchev–Trinajstić information content (AvgIpc) is 3.26. The van der Waals surface area contributed by atoms with Crippen LogP contribution in [0.2, 0.25) is 0 Å². The summed E-state index contributed by atoms with van der Waals surface area (Å²) in [5, 5.41) is 0. The third kappa shape index (κ3) is 5.23. The molecule has 0 radical (unpaired) electrons. The number of methoxy groups -OCH3 is 1. The Morgan fingerprint density at radius 1 is 1.19 bits per heavy atom. The first-order valence-electron chi connectivity index (χ1n) is 11.6. The van der Waals surface area contributed by atoms with Crippen molar-refractivity contribution in [2.24, 2.45) is 0 Å². The molecule has 1 aliphatic rings. The molecule has 0 spiro atoms. The number of sulfonamides is 1. The van der Waals surface area contributed by atoms with E-state index in [1.165, 1.54) is 18.2 Å². The normalized spacial score (nSPS) is 12.8. The Bertz CT molecular complexity index is 1460. The molecule has 0 atom stereocenters. The maximum Gasteiger partial charge on any atom is 0.343 e. The van der Waals surface area contributed by atoms with Gasteiger partial charge in [0.2, 0.25) is 0 Å². The van der Waals surface area contributed by atoms with Gasteiger partial charge in [0.25, 0.3) is 10.0 Å². The fourth-order valence-electron chi connectivity index (χ4n) is 4.12. The molecule has 11 heteroatoms. The van der Waals surface area contributed by atoms with Crippen molar-refractivity contribution in [1.82, 2.24) is 4.90 Å². The lowest BCUT2D eigenvalue weighted by atomic mass is 9.98. The van der Waals surface area contributed by atoms with Gasteiger partial charge in [-0.15, -0.1) is 0 Å². The third-order valence-corrected chi connectivity index (χ3v) is 7.49. The number of halogens is 2. The van der Waals surface area contributed by atoms with E-state index in [1.54, 1.807) is 6.08 Å². The maximum atomic E-state index is 14.4. The Hall–Kier alpha value is -3.70. The van der Waals surface area contributed by atoms with Gasteiger partial charge in [0.05, 0.1) is 23.3 Å². The summed E-state index contributed by atoms with van der Waals surface area (Å²) in [5.41, 5.74) is 0.118. The Morgan fingerprint density at radius 2 is 1.95 bits per heavy atom. The van der Waals surface area contributed by atoms with Crippen molar-refractivity contribution in [2.75, 3.05) is 31.5 Å². The smallest absolute Gasteiger partial charge is 0.343 e. The number of likely N-dealkylation sites (N-methyl/N-ethyl adjacent to an activating group) is 1. The van der Waals surface area contributed by atoms with Gasteiger partial charge in [-0.2, -0.15) is 0 Å². The van der Waals surface area contributed by atoms with Crippen LogP contribution in [0.1, 0.15) is 35.5 Å². The maximum absolute atomic E-state index is 14.4. The summed E-state index contributed by atoms with van der Waals surface area (Å²) in [6.07, 6.45) is 4.22. The zero-order chi connectivity index (χ0) is 26.7. The molecule has 0 aliphatic carbocycles. The number of rotatable bonds is 9. The van der Waals surface area contributed by atoms with E-state index >= 15 is 0 Å². The molecule has 0 saturated heterocycles. The van der Waals surface area contributed by atoms with Crippen molar-refractivity contribution in [3.8, 4) is 16.9 Å². The van der Waals surface area contributed by atoms with Crippen molar-refractivity contribution in [3.63, 3.8) is 0 Å². The van der Waals surface area contributed by atoms with E-state index in [-0.39, 0.29) is 51.0 Å². The number of nitrogens with one attached hydrogen (secondary N) is 1. The Morgan fingerprint density at radius 3 is 2.65 bits per heavy atom. The van der Waals surface area contributed by atoms with Crippen LogP contribution < -0.4 is 9.46 Å². The lowest BCUT2D eigenvalue weighted by Gasteiger charge is -2.22. The molecule has 1 aromatic heterocycles. The summed E-state index contributed by atoms with van der Waals surface area (Å²) < 4.78 is 73.4. The summed E-state index contributed by atoms with van der Waals surface area (Å²) in [7, 11) is -3.18. The van der Waals surface area contributed by atoms with Crippen molar-refractivity contribution >= 4 is 27.8 Å². The minimum absolute atomic E-state index is 0.0432. The highest BCUT2D eigenvalue weighted by atomic mass is 32.2. The number of ether oxygens (including phenoxy) is 2. The predicted octanol–water partition coefficient (Wildman–Crippen LogP) is 5.06. The van der Waals surface area contributed by atoms with E-state index in [1.807, 2.05) is 13.8 Å². The highest BCUT2D eigenvalue weighted by Crippen LogP contribution is 2.45. The molecule has 4 rings (SSSR count). The highest BCUT2D eigenvalue weighted by molar-refractivity contribution is 7.92. The van der Waals surface area contributed by atoms with E-state index in [0.29, 0.717) is 6.54 Å². The van der Waals surface area contributed by atoms with Crippen LogP contribution in [0, 0.1) is 11.6 Å². The fourth-order valence-corrected chi connectivity index (χ4v) is 5.37. The van der Waals surface area contributed by atoms with Crippen LogP contribution >= 0.6 is 0 Å². The summed E-state index contributed by atoms with van der Waals surface area (Å²) >= 11 is 0. The molecule has 3 aromatic rings. The van der Waals surface area contributed by atoms with Crippen LogP contribution in [0.25, 0.3) is 17.2 Å². The predicted molar refractivity (Wildman–Crippen MR) is 134 cm³/mol. The summed E-state index contributed by atoms with van der Waals surface area (Å²) in [4.78, 5) is 14.6. The number of nitrogens with zero attached hydrogens (tertiary/aromatic N) is 1. The van der Waals surface area contributed by atoms with Gasteiger partial charge in [-0.1, -0.05) is 26.0 Å². The number of benzene rings is 2. The van der Waals surface area contributed by atoms with Crippen LogP contribution in [-0.2, 0) is 21.4 Å². The minimum atomic E-state index is -4.31. The third-order valence-electron chi connectivity index (χ3n) is 6.05. The topological polar surface area (TPSA) is 98.1 Å². The molecule has 8 nitrogen and oxygen atoms in total. The molecular weight excluding hydrogens is 506 g/mol. The molecule has 0 fully saturated rings. The van der Waals surface area contributed by atoms with Crippen LogP contribution in [0.3, 0.4) is 0 Å². The van der Waals surface area contributed by atoms with E-state index in [4.69, 9.17) is 13.9 Å². The molecule has 0 unspecified atom stereocenters. The van der Waals surface area contributed by atoms with E-state index in [2.05, 4.69) is 9.62 Å². The molecular formula is C26H26F2N2O6S. The van der Waals surface area contributed by atoms with Crippen molar-refractivity contribution in [1.29, 1.82) is 0 Å². The van der Waals surface area contributed by atoms with Crippen LogP contribution in [0.4, 0.5) is 14.5 Å². The van der Waals surface area contributed by atoms with Gasteiger partial charge in [0, 0.05) is 12.1 Å². The fraction of sp³-hybridized carbons (Fsp3) is 0.269. The van der Waals surface area contributed by atoms with Gasteiger partial charge in [-0.25, -0.2) is 22.0 Å². The number of esters is 1. The summed E-state index contributed by atoms with van der Waals surface area (Å²) in [6.45, 7) is 6.00. The number of hydrogen-bond donors (Lipinski definition) is 1. The van der Waals surface area contributed by atoms with Gasteiger partial charge in [0.15, 0.2) is 11.6 Å². The molecule has 0 amide bonds. The van der Waals surface area contributed by atoms with Crippen LogP contribution in [0.15, 0.2) is 52.0 Å². The molecule has 196 valence electrons. The molecule has 2 heterocycles.